The third-order valence-electron chi connectivity index (χ3n) is 4.18. The van der Waals surface area contributed by atoms with Gasteiger partial charge in [-0.3, -0.25) is 9.59 Å². The van der Waals surface area contributed by atoms with Gasteiger partial charge in [-0.1, -0.05) is 54.1 Å². The normalized spacial score (nSPS) is 11.7. The van der Waals surface area contributed by atoms with Crippen LogP contribution in [0.15, 0.2) is 54.6 Å². The van der Waals surface area contributed by atoms with E-state index in [1.807, 2.05) is 48.5 Å². The summed E-state index contributed by atoms with van der Waals surface area (Å²) in [6, 6.07) is 16.2. The van der Waals surface area contributed by atoms with Gasteiger partial charge >= 0.3 is 5.97 Å². The van der Waals surface area contributed by atoms with Crippen LogP contribution in [0.5, 0.6) is 0 Å². The van der Waals surface area contributed by atoms with Crippen LogP contribution in [0, 0.1) is 6.92 Å². The van der Waals surface area contributed by atoms with Gasteiger partial charge in [0.1, 0.15) is 9.88 Å². The van der Waals surface area contributed by atoms with Gasteiger partial charge in [-0.05, 0) is 24.6 Å². The number of benzene rings is 2. The zero-order valence-electron chi connectivity index (χ0n) is 15.4. The summed E-state index contributed by atoms with van der Waals surface area (Å²) in [6.45, 7) is 1.79. The van der Waals surface area contributed by atoms with Crippen LogP contribution in [-0.2, 0) is 9.53 Å². The van der Waals surface area contributed by atoms with Gasteiger partial charge in [0.15, 0.2) is 0 Å². The Bertz CT molecular complexity index is 988. The van der Waals surface area contributed by atoms with E-state index in [1.54, 1.807) is 13.0 Å². The molecular formula is C21H19ClN2O3S. The first-order valence-electron chi connectivity index (χ1n) is 8.64. The van der Waals surface area contributed by atoms with Crippen molar-refractivity contribution in [2.45, 2.75) is 19.4 Å². The number of methoxy groups -OCH3 is 1. The Morgan fingerprint density at radius 3 is 2.61 bits per heavy atom. The van der Waals surface area contributed by atoms with Gasteiger partial charge < -0.3 is 10.1 Å². The van der Waals surface area contributed by atoms with Crippen LogP contribution >= 0.6 is 22.9 Å². The number of amides is 1. The van der Waals surface area contributed by atoms with Crippen LogP contribution in [0.25, 0.3) is 10.6 Å². The second-order valence-electron chi connectivity index (χ2n) is 6.16. The standard InChI is InChI=1S/C21H19ClN2O3S/c1-13-19(28-21(23-13)15-9-6-10-16(22)11-15)20(26)24-17(12-18(25)27-2)14-7-4-3-5-8-14/h3-11,17H,12H2,1-2H3,(H,24,26). The van der Waals surface area contributed by atoms with Crippen LogP contribution in [0.3, 0.4) is 0 Å². The molecule has 0 aliphatic carbocycles. The lowest BCUT2D eigenvalue weighted by molar-refractivity contribution is -0.141. The number of esters is 1. The molecule has 1 amide bonds. The second-order valence-corrected chi connectivity index (χ2v) is 7.60. The number of ether oxygens (including phenoxy) is 1. The van der Waals surface area contributed by atoms with Crippen LogP contribution in [0.1, 0.15) is 33.4 Å². The van der Waals surface area contributed by atoms with E-state index in [2.05, 4.69) is 10.3 Å². The average molecular weight is 415 g/mol. The Balaban J connectivity index is 1.85. The van der Waals surface area contributed by atoms with E-state index in [9.17, 15) is 9.59 Å². The largest absolute Gasteiger partial charge is 0.469 e. The van der Waals surface area contributed by atoms with Crippen LogP contribution in [-0.4, -0.2) is 24.0 Å². The van der Waals surface area contributed by atoms with E-state index in [0.29, 0.717) is 15.6 Å². The van der Waals surface area contributed by atoms with Gasteiger partial charge in [-0.15, -0.1) is 11.3 Å². The molecule has 3 aromatic rings. The van der Waals surface area contributed by atoms with E-state index in [0.717, 1.165) is 16.1 Å². The van der Waals surface area contributed by atoms with Gasteiger partial charge in [0.05, 0.1) is 25.3 Å². The number of hydrogen-bond acceptors (Lipinski definition) is 5. The molecule has 2 aromatic carbocycles. The van der Waals surface area contributed by atoms with Crippen molar-refractivity contribution in [2.24, 2.45) is 0 Å². The molecule has 0 spiro atoms. The Morgan fingerprint density at radius 1 is 1.18 bits per heavy atom. The number of hydrogen-bond donors (Lipinski definition) is 1. The third-order valence-corrected chi connectivity index (χ3v) is 5.62. The highest BCUT2D eigenvalue weighted by Crippen LogP contribution is 2.30. The number of aryl methyl sites for hydroxylation is 1. The zero-order valence-corrected chi connectivity index (χ0v) is 17.0. The summed E-state index contributed by atoms with van der Waals surface area (Å²) in [6.07, 6.45) is 0.0469. The first-order chi connectivity index (χ1) is 13.5. The lowest BCUT2D eigenvalue weighted by Gasteiger charge is -2.18. The summed E-state index contributed by atoms with van der Waals surface area (Å²) < 4.78 is 4.77. The molecule has 1 aromatic heterocycles. The smallest absolute Gasteiger partial charge is 0.307 e. The topological polar surface area (TPSA) is 68.3 Å². The van der Waals surface area contributed by atoms with Gasteiger partial charge in [0, 0.05) is 10.6 Å². The minimum atomic E-state index is -0.489. The number of carbonyl (C=O) groups is 2. The van der Waals surface area contributed by atoms with Crippen LogP contribution in [0.2, 0.25) is 5.02 Å². The predicted molar refractivity (Wildman–Crippen MR) is 111 cm³/mol. The van der Waals surface area contributed by atoms with Crippen LogP contribution in [0.4, 0.5) is 0 Å². The second kappa shape index (κ2) is 8.99. The van der Waals surface area contributed by atoms with Crippen molar-refractivity contribution in [1.29, 1.82) is 0 Å². The maximum absolute atomic E-state index is 12.9. The zero-order chi connectivity index (χ0) is 20.1. The Morgan fingerprint density at radius 2 is 1.93 bits per heavy atom. The summed E-state index contributed by atoms with van der Waals surface area (Å²) in [5.41, 5.74) is 2.31. The van der Waals surface area contributed by atoms with Gasteiger partial charge in [-0.2, -0.15) is 0 Å². The summed E-state index contributed by atoms with van der Waals surface area (Å²) in [5, 5.41) is 4.26. The molecule has 28 heavy (non-hydrogen) atoms. The Hall–Kier alpha value is -2.70. The lowest BCUT2D eigenvalue weighted by Crippen LogP contribution is -2.30. The van der Waals surface area contributed by atoms with Gasteiger partial charge in [0.25, 0.3) is 5.91 Å². The quantitative estimate of drug-likeness (QED) is 0.588. The highest BCUT2D eigenvalue weighted by molar-refractivity contribution is 7.17. The van der Waals surface area contributed by atoms with Crippen LogP contribution < -0.4 is 5.32 Å². The summed E-state index contributed by atoms with van der Waals surface area (Å²) in [5.74, 6) is -0.671. The lowest BCUT2D eigenvalue weighted by atomic mass is 10.0. The Kier molecular flexibility index (Phi) is 6.44. The van der Waals surface area contributed by atoms with Crippen molar-refractivity contribution >= 4 is 34.8 Å². The van der Waals surface area contributed by atoms with Crippen molar-refractivity contribution in [3.05, 3.63) is 75.8 Å². The van der Waals surface area contributed by atoms with E-state index >= 15 is 0 Å². The average Bonchev–Trinajstić information content (AvgIpc) is 3.10. The number of rotatable bonds is 6. The molecule has 0 saturated carbocycles. The molecule has 1 N–H and O–H groups in total. The fourth-order valence-corrected chi connectivity index (χ4v) is 3.92. The number of carbonyl (C=O) groups excluding carboxylic acids is 2. The SMILES string of the molecule is COC(=O)CC(NC(=O)c1sc(-c2cccc(Cl)c2)nc1C)c1ccccc1. The molecule has 1 unspecified atom stereocenters. The monoisotopic (exact) mass is 414 g/mol. The van der Waals surface area contributed by atoms with E-state index in [4.69, 9.17) is 16.3 Å². The molecule has 0 aliphatic rings. The van der Waals surface area contributed by atoms with Crippen molar-refractivity contribution in [3.63, 3.8) is 0 Å². The first kappa shape index (κ1) is 20.0. The molecule has 1 heterocycles. The number of thiazole rings is 1. The van der Waals surface area contributed by atoms with Gasteiger partial charge in [-0.25, -0.2) is 4.98 Å². The molecule has 0 saturated heterocycles. The summed E-state index contributed by atoms with van der Waals surface area (Å²) >= 11 is 7.35. The summed E-state index contributed by atoms with van der Waals surface area (Å²) in [4.78, 5) is 29.7. The molecule has 0 radical (unpaired) electrons. The minimum absolute atomic E-state index is 0.0469. The molecule has 0 fully saturated rings. The molecule has 3 rings (SSSR count). The first-order valence-corrected chi connectivity index (χ1v) is 9.83. The highest BCUT2D eigenvalue weighted by atomic mass is 35.5. The minimum Gasteiger partial charge on any atom is -0.469 e. The molecule has 1 atom stereocenters. The van der Waals surface area contributed by atoms with Crippen molar-refractivity contribution in [3.8, 4) is 10.6 Å². The van der Waals surface area contributed by atoms with Crippen molar-refractivity contribution in [1.82, 2.24) is 10.3 Å². The predicted octanol–water partition coefficient (Wildman–Crippen LogP) is 4.81. The van der Waals surface area contributed by atoms with E-state index in [1.165, 1.54) is 18.4 Å². The van der Waals surface area contributed by atoms with Crippen molar-refractivity contribution in [2.75, 3.05) is 7.11 Å². The van der Waals surface area contributed by atoms with Gasteiger partial charge in [0.2, 0.25) is 0 Å². The number of aromatic nitrogens is 1. The van der Waals surface area contributed by atoms with E-state index < -0.39 is 12.0 Å². The molecule has 7 heteroatoms. The molecule has 5 nitrogen and oxygen atoms in total. The number of halogens is 1. The number of nitrogens with one attached hydrogen (secondary N) is 1. The Labute approximate surface area is 172 Å². The molecule has 0 aliphatic heterocycles. The summed E-state index contributed by atoms with van der Waals surface area (Å²) in [7, 11) is 1.33. The third kappa shape index (κ3) is 4.77. The molecular weight excluding hydrogens is 396 g/mol. The highest BCUT2D eigenvalue weighted by Gasteiger charge is 2.23. The molecule has 144 valence electrons. The molecule has 0 bridgehead atoms. The fraction of sp³-hybridized carbons (Fsp3) is 0.190. The maximum atomic E-state index is 12.9. The number of nitrogens with zero attached hydrogens (tertiary/aromatic N) is 1. The van der Waals surface area contributed by atoms with E-state index in [-0.39, 0.29) is 12.3 Å². The maximum Gasteiger partial charge on any atom is 0.307 e. The fourth-order valence-electron chi connectivity index (χ4n) is 2.76. The van der Waals surface area contributed by atoms with Crippen molar-refractivity contribution < 1.29 is 14.3 Å².